The van der Waals surface area contributed by atoms with Gasteiger partial charge in [0.1, 0.15) is 0 Å². The summed E-state index contributed by atoms with van der Waals surface area (Å²) in [5, 5.41) is 0. The van der Waals surface area contributed by atoms with Crippen molar-refractivity contribution < 1.29 is 0 Å². The lowest BCUT2D eigenvalue weighted by Crippen LogP contribution is -2.00. The van der Waals surface area contributed by atoms with E-state index in [2.05, 4.69) is 146 Å². The van der Waals surface area contributed by atoms with E-state index in [1.54, 1.807) is 0 Å². The van der Waals surface area contributed by atoms with Crippen molar-refractivity contribution in [1.82, 2.24) is 24.9 Å². The molecule has 282 valence electrons. The Hall–Kier alpha value is -8.15. The van der Waals surface area contributed by atoms with Crippen molar-refractivity contribution in [3.05, 3.63) is 224 Å². The van der Waals surface area contributed by atoms with E-state index in [1.807, 2.05) is 78.9 Å². The van der Waals surface area contributed by atoms with Crippen LogP contribution in [0.25, 0.3) is 101 Å². The van der Waals surface area contributed by atoms with Crippen LogP contribution in [0, 0.1) is 0 Å². The predicted octanol–water partition coefficient (Wildman–Crippen LogP) is 13.7. The molecule has 0 unspecified atom stereocenters. The molecular formula is C55H37N5. The lowest BCUT2D eigenvalue weighted by Gasteiger charge is -2.14. The largest absolute Gasteiger partial charge is 0.228 e. The maximum absolute atomic E-state index is 5.28. The molecule has 60 heavy (non-hydrogen) atoms. The standard InChI is InChI=1S/C55H37N5/c1-6-18-38(19-7-1)48-33-32-47(36-49(48)39-20-8-2-9-21-39)54-56-50(40-22-10-3-11-23-40)37-51(57-54)45-30-16-28-43(34-45)44-29-17-31-46(35-44)55-59-52(41-24-12-4-13-25-41)58-53(60-55)42-26-14-5-15-27-42/h1-37H. The fourth-order valence-electron chi connectivity index (χ4n) is 7.52. The van der Waals surface area contributed by atoms with Gasteiger partial charge in [-0.1, -0.05) is 200 Å². The van der Waals surface area contributed by atoms with Crippen LogP contribution in [0.15, 0.2) is 224 Å². The predicted molar refractivity (Wildman–Crippen MR) is 244 cm³/mol. The highest BCUT2D eigenvalue weighted by atomic mass is 15.0. The van der Waals surface area contributed by atoms with Crippen LogP contribution in [0.2, 0.25) is 0 Å². The molecule has 0 fully saturated rings. The number of benzene rings is 8. The van der Waals surface area contributed by atoms with Crippen LogP contribution in [-0.4, -0.2) is 24.9 Å². The van der Waals surface area contributed by atoms with Crippen molar-refractivity contribution in [3.63, 3.8) is 0 Å². The van der Waals surface area contributed by atoms with Crippen molar-refractivity contribution in [2.45, 2.75) is 0 Å². The fraction of sp³-hybridized carbons (Fsp3) is 0. The molecule has 5 nitrogen and oxygen atoms in total. The van der Waals surface area contributed by atoms with Gasteiger partial charge in [0.2, 0.25) is 0 Å². The number of hydrogen-bond acceptors (Lipinski definition) is 5. The first-order valence-corrected chi connectivity index (χ1v) is 20.0. The van der Waals surface area contributed by atoms with E-state index in [-0.39, 0.29) is 0 Å². The second kappa shape index (κ2) is 16.4. The molecule has 0 bridgehead atoms. The summed E-state index contributed by atoms with van der Waals surface area (Å²) in [6.45, 7) is 0. The Labute approximate surface area is 349 Å². The Bertz CT molecular complexity index is 3010. The Morgan fingerprint density at radius 1 is 0.183 bits per heavy atom. The normalized spacial score (nSPS) is 11.0. The highest BCUT2D eigenvalue weighted by Gasteiger charge is 2.16. The third-order valence-electron chi connectivity index (χ3n) is 10.6. The third-order valence-corrected chi connectivity index (χ3v) is 10.6. The highest BCUT2D eigenvalue weighted by Crippen LogP contribution is 2.37. The molecule has 0 spiro atoms. The van der Waals surface area contributed by atoms with Crippen LogP contribution in [0.4, 0.5) is 0 Å². The lowest BCUT2D eigenvalue weighted by atomic mass is 9.92. The van der Waals surface area contributed by atoms with E-state index in [9.17, 15) is 0 Å². The molecule has 2 aromatic heterocycles. The molecule has 10 aromatic rings. The number of nitrogens with zero attached hydrogens (tertiary/aromatic N) is 5. The molecule has 0 saturated heterocycles. The van der Waals surface area contributed by atoms with E-state index in [0.717, 1.165) is 78.1 Å². The molecule has 0 aliphatic heterocycles. The minimum absolute atomic E-state index is 0.613. The Morgan fingerprint density at radius 3 is 1.07 bits per heavy atom. The van der Waals surface area contributed by atoms with Gasteiger partial charge in [0.05, 0.1) is 11.4 Å². The van der Waals surface area contributed by atoms with E-state index < -0.39 is 0 Å². The Balaban J connectivity index is 1.06. The number of rotatable bonds is 9. The number of aromatic nitrogens is 5. The van der Waals surface area contributed by atoms with Crippen LogP contribution in [0.3, 0.4) is 0 Å². The molecule has 0 saturated carbocycles. The summed E-state index contributed by atoms with van der Waals surface area (Å²) in [4.78, 5) is 25.3. The van der Waals surface area contributed by atoms with Crippen molar-refractivity contribution in [1.29, 1.82) is 0 Å². The van der Waals surface area contributed by atoms with E-state index in [0.29, 0.717) is 23.3 Å². The Kier molecular flexibility index (Phi) is 9.88. The summed E-state index contributed by atoms with van der Waals surface area (Å²) < 4.78 is 0. The van der Waals surface area contributed by atoms with Crippen molar-refractivity contribution in [2.24, 2.45) is 0 Å². The second-order valence-electron chi connectivity index (χ2n) is 14.5. The van der Waals surface area contributed by atoms with Gasteiger partial charge in [0.25, 0.3) is 0 Å². The van der Waals surface area contributed by atoms with Crippen molar-refractivity contribution >= 4 is 0 Å². The highest BCUT2D eigenvalue weighted by molar-refractivity contribution is 5.87. The monoisotopic (exact) mass is 767 g/mol. The van der Waals surface area contributed by atoms with Crippen LogP contribution in [-0.2, 0) is 0 Å². The van der Waals surface area contributed by atoms with Crippen LogP contribution in [0.1, 0.15) is 0 Å². The van der Waals surface area contributed by atoms with E-state index in [4.69, 9.17) is 24.9 Å². The van der Waals surface area contributed by atoms with Gasteiger partial charge in [0.15, 0.2) is 23.3 Å². The summed E-state index contributed by atoms with van der Waals surface area (Å²) in [6.07, 6.45) is 0. The van der Waals surface area contributed by atoms with Crippen molar-refractivity contribution in [3.8, 4) is 101 Å². The fourth-order valence-corrected chi connectivity index (χ4v) is 7.52. The molecule has 10 rings (SSSR count). The molecule has 0 aliphatic carbocycles. The first kappa shape index (κ1) is 36.2. The molecule has 8 aromatic carbocycles. The summed E-state index contributed by atoms with van der Waals surface area (Å²) in [7, 11) is 0. The van der Waals surface area contributed by atoms with Gasteiger partial charge in [-0.2, -0.15) is 0 Å². The van der Waals surface area contributed by atoms with E-state index >= 15 is 0 Å². The van der Waals surface area contributed by atoms with Crippen LogP contribution >= 0.6 is 0 Å². The second-order valence-corrected chi connectivity index (χ2v) is 14.5. The van der Waals surface area contributed by atoms with Gasteiger partial charge in [-0.25, -0.2) is 24.9 Å². The first-order valence-electron chi connectivity index (χ1n) is 20.0. The molecule has 0 amide bonds. The van der Waals surface area contributed by atoms with Gasteiger partial charge in [-0.3, -0.25) is 0 Å². The van der Waals surface area contributed by atoms with Gasteiger partial charge in [0, 0.05) is 33.4 Å². The summed E-state index contributed by atoms with van der Waals surface area (Å²) in [5.41, 5.74) is 14.1. The molecule has 2 heterocycles. The maximum Gasteiger partial charge on any atom is 0.164 e. The number of hydrogen-bond donors (Lipinski definition) is 0. The first-order chi connectivity index (χ1) is 29.7. The van der Waals surface area contributed by atoms with Crippen LogP contribution < -0.4 is 0 Å². The molecule has 5 heteroatoms. The lowest BCUT2D eigenvalue weighted by molar-refractivity contribution is 1.07. The zero-order chi connectivity index (χ0) is 40.1. The van der Waals surface area contributed by atoms with Crippen LogP contribution in [0.5, 0.6) is 0 Å². The van der Waals surface area contributed by atoms with Gasteiger partial charge >= 0.3 is 0 Å². The maximum atomic E-state index is 5.28. The molecule has 0 N–H and O–H groups in total. The van der Waals surface area contributed by atoms with Gasteiger partial charge in [-0.05, 0) is 57.6 Å². The smallest absolute Gasteiger partial charge is 0.164 e. The van der Waals surface area contributed by atoms with Gasteiger partial charge < -0.3 is 0 Å². The third kappa shape index (κ3) is 7.63. The molecule has 0 atom stereocenters. The minimum Gasteiger partial charge on any atom is -0.228 e. The average molecular weight is 768 g/mol. The summed E-state index contributed by atoms with van der Waals surface area (Å²) in [6, 6.07) is 77.1. The summed E-state index contributed by atoms with van der Waals surface area (Å²) in [5.74, 6) is 2.54. The van der Waals surface area contributed by atoms with Gasteiger partial charge in [-0.15, -0.1) is 0 Å². The quantitative estimate of drug-likeness (QED) is 0.146. The summed E-state index contributed by atoms with van der Waals surface area (Å²) >= 11 is 0. The minimum atomic E-state index is 0.613. The molecular weight excluding hydrogens is 731 g/mol. The average Bonchev–Trinajstić information content (AvgIpc) is 3.35. The molecule has 0 radical (unpaired) electrons. The zero-order valence-corrected chi connectivity index (χ0v) is 32.6. The topological polar surface area (TPSA) is 64.5 Å². The SMILES string of the molecule is c1ccc(-c2cc(-c3cccc(-c4cccc(-c5nc(-c6ccccc6)nc(-c6ccccc6)n5)c4)c3)nc(-c3ccc(-c4ccccc4)c(-c4ccccc4)c3)n2)cc1. The zero-order valence-electron chi connectivity index (χ0n) is 32.6. The van der Waals surface area contributed by atoms with E-state index in [1.165, 1.54) is 0 Å². The van der Waals surface area contributed by atoms with Crippen molar-refractivity contribution in [2.75, 3.05) is 0 Å². The molecule has 0 aliphatic rings. The Morgan fingerprint density at radius 2 is 0.533 bits per heavy atom.